The van der Waals surface area contributed by atoms with Gasteiger partial charge in [0.2, 0.25) is 5.91 Å². The minimum absolute atomic E-state index is 0.115. The van der Waals surface area contributed by atoms with Crippen LogP contribution in [0.15, 0.2) is 60.7 Å². The average molecular weight is 384 g/mol. The van der Waals surface area contributed by atoms with E-state index < -0.39 is 6.09 Å². The molecule has 0 aliphatic carbocycles. The number of hydrogen-bond donors (Lipinski definition) is 0. The predicted octanol–water partition coefficient (Wildman–Crippen LogP) is 4.85. The minimum Gasteiger partial charge on any atom is -0.447 e. The number of carbonyl (C=O) groups excluding carboxylic acids is 2. The Kier molecular flexibility index (Phi) is 6.93. The largest absolute Gasteiger partial charge is 0.447 e. The highest BCUT2D eigenvalue weighted by atomic mass is 32.2. The van der Waals surface area contributed by atoms with E-state index in [0.29, 0.717) is 12.2 Å². The number of nitrogens with zero attached hydrogens (tertiary/aromatic N) is 1. The molecule has 142 valence electrons. The van der Waals surface area contributed by atoms with Crippen molar-refractivity contribution in [2.24, 2.45) is 0 Å². The van der Waals surface area contributed by atoms with E-state index in [1.54, 1.807) is 11.8 Å². The molecule has 0 bridgehead atoms. The Balaban J connectivity index is 1.58. The third-order valence-electron chi connectivity index (χ3n) is 4.84. The first-order valence-corrected chi connectivity index (χ1v) is 10.5. The molecule has 2 aromatic carbocycles. The van der Waals surface area contributed by atoms with Crippen molar-refractivity contribution in [1.82, 2.24) is 4.90 Å². The van der Waals surface area contributed by atoms with E-state index in [1.807, 2.05) is 48.5 Å². The molecule has 5 heteroatoms. The summed E-state index contributed by atoms with van der Waals surface area (Å²) >= 11 is 1.72. The van der Waals surface area contributed by atoms with Crippen molar-refractivity contribution in [3.05, 3.63) is 71.8 Å². The molecule has 3 rings (SSSR count). The zero-order valence-corrected chi connectivity index (χ0v) is 16.4. The van der Waals surface area contributed by atoms with Crippen LogP contribution in [0.4, 0.5) is 4.79 Å². The van der Waals surface area contributed by atoms with Crippen LogP contribution in [-0.2, 0) is 15.3 Å². The average Bonchev–Trinajstić information content (AvgIpc) is 3.08. The maximum atomic E-state index is 12.9. The Morgan fingerprint density at radius 2 is 1.81 bits per heavy atom. The number of cyclic esters (lactones) is 1. The summed E-state index contributed by atoms with van der Waals surface area (Å²) in [7, 11) is 0. The van der Waals surface area contributed by atoms with Gasteiger partial charge >= 0.3 is 6.09 Å². The van der Waals surface area contributed by atoms with Gasteiger partial charge in [0, 0.05) is 17.9 Å². The number of rotatable bonds is 8. The lowest BCUT2D eigenvalue weighted by molar-refractivity contribution is -0.129. The van der Waals surface area contributed by atoms with Crippen molar-refractivity contribution < 1.29 is 14.3 Å². The lowest BCUT2D eigenvalue weighted by atomic mass is 9.92. The zero-order valence-electron chi connectivity index (χ0n) is 15.5. The number of carbonyl (C=O) groups is 2. The van der Waals surface area contributed by atoms with Gasteiger partial charge in [-0.05, 0) is 23.5 Å². The molecule has 1 saturated heterocycles. The summed E-state index contributed by atoms with van der Waals surface area (Å²) in [6.45, 7) is 2.36. The third-order valence-corrected chi connectivity index (χ3v) is 5.99. The molecule has 1 aliphatic rings. The van der Waals surface area contributed by atoms with E-state index in [4.69, 9.17) is 4.74 Å². The Labute approximate surface area is 164 Å². The van der Waals surface area contributed by atoms with Crippen LogP contribution in [0.25, 0.3) is 0 Å². The first-order valence-electron chi connectivity index (χ1n) is 9.34. The molecule has 2 aromatic rings. The van der Waals surface area contributed by atoms with E-state index in [0.717, 1.165) is 17.7 Å². The third kappa shape index (κ3) is 5.13. The molecular weight excluding hydrogens is 358 g/mol. The quantitative estimate of drug-likeness (QED) is 0.654. The Morgan fingerprint density at radius 3 is 2.48 bits per heavy atom. The van der Waals surface area contributed by atoms with E-state index in [9.17, 15) is 9.59 Å². The topological polar surface area (TPSA) is 46.6 Å². The van der Waals surface area contributed by atoms with Crippen molar-refractivity contribution in [1.29, 1.82) is 0 Å². The highest BCUT2D eigenvalue weighted by Gasteiger charge is 2.38. The molecule has 0 radical (unpaired) electrons. The first-order chi connectivity index (χ1) is 13.2. The summed E-state index contributed by atoms with van der Waals surface area (Å²) < 4.78 is 5.18. The summed E-state index contributed by atoms with van der Waals surface area (Å²) in [5, 5.41) is 0. The standard InChI is InChI=1S/C22H25NO3S/c1-2-18(19-11-7-4-8-12-19)13-21(24)23-20(14-26-22(23)25)16-27-15-17-9-5-3-6-10-17/h3-12,18,20H,2,13-16H2,1H3/t18-,20+/m0/s1. The second-order valence-corrected chi connectivity index (χ2v) is 7.75. The predicted molar refractivity (Wildman–Crippen MR) is 109 cm³/mol. The highest BCUT2D eigenvalue weighted by Crippen LogP contribution is 2.27. The molecule has 4 nitrogen and oxygen atoms in total. The van der Waals surface area contributed by atoms with Crippen molar-refractivity contribution in [3.8, 4) is 0 Å². The monoisotopic (exact) mass is 383 g/mol. The number of imide groups is 1. The lowest BCUT2D eigenvalue weighted by Crippen LogP contribution is -2.41. The molecule has 0 spiro atoms. The zero-order chi connectivity index (χ0) is 19.1. The smallest absolute Gasteiger partial charge is 0.417 e. The van der Waals surface area contributed by atoms with Crippen LogP contribution in [0.1, 0.15) is 36.8 Å². The molecule has 0 N–H and O–H groups in total. The van der Waals surface area contributed by atoms with Gasteiger partial charge in [0.25, 0.3) is 0 Å². The summed E-state index contributed by atoms with van der Waals surface area (Å²) in [6.07, 6.45) is 0.676. The van der Waals surface area contributed by atoms with Crippen molar-refractivity contribution in [2.75, 3.05) is 12.4 Å². The van der Waals surface area contributed by atoms with E-state index in [1.165, 1.54) is 10.5 Å². The number of amides is 2. The highest BCUT2D eigenvalue weighted by molar-refractivity contribution is 7.98. The van der Waals surface area contributed by atoms with Crippen molar-refractivity contribution >= 4 is 23.8 Å². The van der Waals surface area contributed by atoms with E-state index in [-0.39, 0.29) is 24.5 Å². The fourth-order valence-electron chi connectivity index (χ4n) is 3.31. The molecule has 0 unspecified atom stereocenters. The SMILES string of the molecule is CC[C@@H](CC(=O)N1C(=O)OC[C@@H]1CSCc1ccccc1)c1ccccc1. The van der Waals surface area contributed by atoms with Crippen LogP contribution in [0, 0.1) is 0 Å². The van der Waals surface area contributed by atoms with Gasteiger partial charge in [0.15, 0.2) is 0 Å². The van der Waals surface area contributed by atoms with Gasteiger partial charge in [0.05, 0.1) is 6.04 Å². The molecular formula is C22H25NO3S. The summed E-state index contributed by atoms with van der Waals surface area (Å²) in [5.41, 5.74) is 2.37. The van der Waals surface area contributed by atoms with Gasteiger partial charge in [-0.3, -0.25) is 4.79 Å². The first kappa shape index (κ1) is 19.5. The second-order valence-electron chi connectivity index (χ2n) is 6.72. The van der Waals surface area contributed by atoms with Gasteiger partial charge < -0.3 is 4.74 Å². The van der Waals surface area contributed by atoms with Crippen molar-refractivity contribution in [3.63, 3.8) is 0 Å². The van der Waals surface area contributed by atoms with E-state index >= 15 is 0 Å². The maximum absolute atomic E-state index is 12.9. The van der Waals surface area contributed by atoms with Gasteiger partial charge in [-0.2, -0.15) is 11.8 Å². The number of ether oxygens (including phenoxy) is 1. The fourth-order valence-corrected chi connectivity index (χ4v) is 4.37. The van der Waals surface area contributed by atoms with Crippen LogP contribution in [0.2, 0.25) is 0 Å². The Hall–Kier alpha value is -2.27. The van der Waals surface area contributed by atoms with Gasteiger partial charge in [0.1, 0.15) is 6.61 Å². The fraction of sp³-hybridized carbons (Fsp3) is 0.364. The van der Waals surface area contributed by atoms with E-state index in [2.05, 4.69) is 19.1 Å². The molecule has 27 heavy (non-hydrogen) atoms. The number of thioether (sulfide) groups is 1. The van der Waals surface area contributed by atoms with Gasteiger partial charge in [-0.25, -0.2) is 9.69 Å². The molecule has 2 amide bonds. The lowest BCUT2D eigenvalue weighted by Gasteiger charge is -2.22. The summed E-state index contributed by atoms with van der Waals surface area (Å²) in [5.74, 6) is 1.52. The number of benzene rings is 2. The van der Waals surface area contributed by atoms with Crippen LogP contribution < -0.4 is 0 Å². The van der Waals surface area contributed by atoms with Crippen LogP contribution >= 0.6 is 11.8 Å². The molecule has 0 saturated carbocycles. The molecule has 2 atom stereocenters. The minimum atomic E-state index is -0.506. The maximum Gasteiger partial charge on any atom is 0.417 e. The van der Waals surface area contributed by atoms with Crippen molar-refractivity contribution in [2.45, 2.75) is 37.5 Å². The van der Waals surface area contributed by atoms with Crippen LogP contribution in [-0.4, -0.2) is 35.3 Å². The number of hydrogen-bond acceptors (Lipinski definition) is 4. The molecule has 1 aliphatic heterocycles. The summed E-state index contributed by atoms with van der Waals surface area (Å²) in [4.78, 5) is 26.3. The van der Waals surface area contributed by atoms with Gasteiger partial charge in [-0.1, -0.05) is 67.6 Å². The molecule has 1 heterocycles. The molecule has 1 fully saturated rings. The Morgan fingerprint density at radius 1 is 1.15 bits per heavy atom. The Bertz CT molecular complexity index is 751. The second kappa shape index (κ2) is 9.60. The van der Waals surface area contributed by atoms with Crippen LogP contribution in [0.5, 0.6) is 0 Å². The summed E-state index contributed by atoms with van der Waals surface area (Å²) in [6, 6.07) is 20.0. The van der Waals surface area contributed by atoms with Gasteiger partial charge in [-0.15, -0.1) is 0 Å². The van der Waals surface area contributed by atoms with Crippen LogP contribution in [0.3, 0.4) is 0 Å². The molecule has 0 aromatic heterocycles. The normalized spacial score (nSPS) is 17.6.